The number of amides is 11. The molecule has 0 unspecified atom stereocenters. The highest BCUT2D eigenvalue weighted by atomic mass is 16.3. The topological polar surface area (TPSA) is 424 Å². The lowest BCUT2D eigenvalue weighted by Gasteiger charge is -2.31. The standard InChI is InChI=1S/C42H74N14O12/c1-7-22(4)33(39(66)52-27(12-10-18-48-42(45)46)41(68)56-19-11-13-29(56)38(65)47-9-3)55-36(63)26(15-17-31(44)60)51-37(64)28(21-57)53-40(67)34(23(5)8-2)54-35(62)25(14-16-30(43)59)50-32(61)20-49-24(6)58/h22-23,25-29,33-34,57H,7-21H2,1-6H3,(H2,43,59)(H2,44,60)(H,47,65)(H,49,58)(H,50,61)(H,51,64)(H,52,66)(H,53,67)(H,54,62)(H,55,63)(H4,45,46,48)/t22-,23+,25-,26-,27-,28-,29-,33-,34+/m0/s1. The fraction of sp³-hybridized carbons (Fsp3) is 0.714. The van der Waals surface area contributed by atoms with Gasteiger partial charge in [0, 0.05) is 39.4 Å². The normalized spacial score (nSPS) is 16.6. The van der Waals surface area contributed by atoms with E-state index >= 15 is 0 Å². The summed E-state index contributed by atoms with van der Waals surface area (Å²) in [5.74, 6) is -9.86. The Morgan fingerprint density at radius 1 is 0.647 bits per heavy atom. The second-order valence-electron chi connectivity index (χ2n) is 16.7. The summed E-state index contributed by atoms with van der Waals surface area (Å²) in [4.78, 5) is 148. The summed E-state index contributed by atoms with van der Waals surface area (Å²) >= 11 is 0. The number of carbonyl (C=O) groups excluding carboxylic acids is 11. The van der Waals surface area contributed by atoms with Gasteiger partial charge < -0.3 is 75.5 Å². The van der Waals surface area contributed by atoms with Crippen LogP contribution in [0.3, 0.4) is 0 Å². The summed E-state index contributed by atoms with van der Waals surface area (Å²) in [7, 11) is 0. The van der Waals surface area contributed by atoms with Gasteiger partial charge in [-0.2, -0.15) is 0 Å². The molecule has 26 heteroatoms. The predicted molar refractivity (Wildman–Crippen MR) is 246 cm³/mol. The fourth-order valence-corrected chi connectivity index (χ4v) is 7.02. The number of nitrogens with two attached hydrogens (primary N) is 4. The van der Waals surface area contributed by atoms with Gasteiger partial charge in [-0.05, 0) is 57.3 Å². The van der Waals surface area contributed by atoms with Crippen LogP contribution in [-0.2, 0) is 52.7 Å². The number of hydrogen-bond donors (Lipinski definition) is 13. The SMILES string of the molecule is CCNC(=O)[C@@H]1CCCN1C(=O)[C@H](CCCN=C(N)N)NC(=O)[C@@H](NC(=O)[C@H](CCC(N)=O)NC(=O)[C@H](CO)NC(=O)[C@H](NC(=O)[C@H](CCC(N)=O)NC(=O)CNC(C)=O)[C@H](C)CC)[C@@H](C)CC. The molecule has 384 valence electrons. The molecule has 0 bridgehead atoms. The van der Waals surface area contributed by atoms with E-state index in [1.807, 2.05) is 0 Å². The van der Waals surface area contributed by atoms with Gasteiger partial charge >= 0.3 is 0 Å². The van der Waals surface area contributed by atoms with Crippen LogP contribution in [0.15, 0.2) is 4.99 Å². The summed E-state index contributed by atoms with van der Waals surface area (Å²) in [6.07, 6.45) is 0.494. The average Bonchev–Trinajstić information content (AvgIpc) is 3.78. The Kier molecular flexibility index (Phi) is 26.8. The minimum absolute atomic E-state index is 0.0562. The van der Waals surface area contributed by atoms with Crippen LogP contribution in [0.25, 0.3) is 0 Å². The zero-order chi connectivity index (χ0) is 51.7. The molecule has 0 spiro atoms. The van der Waals surface area contributed by atoms with Crippen molar-refractivity contribution in [2.24, 2.45) is 39.8 Å². The van der Waals surface area contributed by atoms with Gasteiger partial charge in [0.2, 0.25) is 65.0 Å². The molecule has 1 fully saturated rings. The Balaban J connectivity index is 3.40. The molecule has 0 aromatic rings. The van der Waals surface area contributed by atoms with Gasteiger partial charge in [-0.1, -0.05) is 40.5 Å². The Labute approximate surface area is 396 Å². The van der Waals surface area contributed by atoms with E-state index < -0.39 is 133 Å². The van der Waals surface area contributed by atoms with E-state index in [0.29, 0.717) is 32.2 Å². The second-order valence-corrected chi connectivity index (χ2v) is 16.7. The lowest BCUT2D eigenvalue weighted by molar-refractivity contribution is -0.142. The van der Waals surface area contributed by atoms with Crippen LogP contribution < -0.4 is 65.5 Å². The molecule has 1 aliphatic rings. The third-order valence-electron chi connectivity index (χ3n) is 11.3. The number of rotatable bonds is 31. The number of likely N-dealkylation sites (tertiary alicyclic amines) is 1. The van der Waals surface area contributed by atoms with Crippen molar-refractivity contribution >= 4 is 70.9 Å². The highest BCUT2D eigenvalue weighted by Crippen LogP contribution is 2.20. The van der Waals surface area contributed by atoms with Gasteiger partial charge in [0.05, 0.1) is 13.2 Å². The number of aliphatic hydroxyl groups is 1. The number of carbonyl (C=O) groups is 11. The monoisotopic (exact) mass is 967 g/mol. The summed E-state index contributed by atoms with van der Waals surface area (Å²) in [6.45, 7) is 8.84. The third kappa shape index (κ3) is 20.9. The van der Waals surface area contributed by atoms with Crippen molar-refractivity contribution in [2.75, 3.05) is 32.8 Å². The van der Waals surface area contributed by atoms with Crippen LogP contribution in [0.5, 0.6) is 0 Å². The minimum atomic E-state index is -1.74. The summed E-state index contributed by atoms with van der Waals surface area (Å²) in [5.41, 5.74) is 21.6. The molecule has 0 aromatic carbocycles. The number of likely N-dealkylation sites (N-methyl/N-ethyl adjacent to an activating group) is 1. The number of primary amides is 2. The predicted octanol–water partition coefficient (Wildman–Crippen LogP) is -5.17. The Hall–Kier alpha value is -6.60. The number of nitrogens with one attached hydrogen (secondary N) is 8. The summed E-state index contributed by atoms with van der Waals surface area (Å²) in [5, 5.41) is 30.3. The Morgan fingerprint density at radius 2 is 1.13 bits per heavy atom. The molecule has 17 N–H and O–H groups in total. The van der Waals surface area contributed by atoms with E-state index in [9.17, 15) is 57.8 Å². The second kappa shape index (κ2) is 30.6. The van der Waals surface area contributed by atoms with Crippen molar-refractivity contribution in [3.8, 4) is 0 Å². The molecule has 1 saturated heterocycles. The van der Waals surface area contributed by atoms with Crippen molar-refractivity contribution in [3.63, 3.8) is 0 Å². The van der Waals surface area contributed by atoms with Crippen molar-refractivity contribution in [1.29, 1.82) is 0 Å². The highest BCUT2D eigenvalue weighted by Gasteiger charge is 2.40. The molecule has 0 aromatic heterocycles. The Morgan fingerprint density at radius 3 is 1.59 bits per heavy atom. The third-order valence-corrected chi connectivity index (χ3v) is 11.3. The highest BCUT2D eigenvalue weighted by molar-refractivity contribution is 5.98. The van der Waals surface area contributed by atoms with Crippen molar-refractivity contribution in [1.82, 2.24) is 47.4 Å². The maximum atomic E-state index is 14.1. The quantitative estimate of drug-likeness (QED) is 0.0176. The molecule has 0 saturated carbocycles. The number of hydrogen-bond acceptors (Lipinski definition) is 13. The number of aliphatic imine (C=N–C) groups is 1. The van der Waals surface area contributed by atoms with Gasteiger partial charge in [-0.3, -0.25) is 57.7 Å². The van der Waals surface area contributed by atoms with Crippen molar-refractivity contribution in [3.05, 3.63) is 0 Å². The zero-order valence-corrected chi connectivity index (χ0v) is 39.9. The Bertz CT molecular complexity index is 1810. The maximum Gasteiger partial charge on any atom is 0.245 e. The minimum Gasteiger partial charge on any atom is -0.394 e. The van der Waals surface area contributed by atoms with Crippen LogP contribution in [-0.4, -0.2) is 156 Å². The maximum absolute atomic E-state index is 14.1. The first-order valence-corrected chi connectivity index (χ1v) is 22.9. The van der Waals surface area contributed by atoms with Gasteiger partial charge in [-0.25, -0.2) is 0 Å². The zero-order valence-electron chi connectivity index (χ0n) is 39.9. The van der Waals surface area contributed by atoms with Crippen LogP contribution >= 0.6 is 0 Å². The van der Waals surface area contributed by atoms with Crippen molar-refractivity contribution in [2.45, 2.75) is 148 Å². The average molecular weight is 967 g/mol. The number of guanidine groups is 1. The molecule has 1 rings (SSSR count). The molecule has 68 heavy (non-hydrogen) atoms. The molecule has 0 radical (unpaired) electrons. The lowest BCUT2D eigenvalue weighted by Crippen LogP contribution is -2.62. The van der Waals surface area contributed by atoms with Crippen LogP contribution in [0.2, 0.25) is 0 Å². The van der Waals surface area contributed by atoms with Crippen molar-refractivity contribution < 1.29 is 57.8 Å². The first-order valence-electron chi connectivity index (χ1n) is 22.9. The van der Waals surface area contributed by atoms with E-state index in [0.717, 1.165) is 0 Å². The molecule has 1 aliphatic heterocycles. The van der Waals surface area contributed by atoms with Gasteiger partial charge in [0.25, 0.3) is 0 Å². The molecule has 11 amide bonds. The van der Waals surface area contributed by atoms with Crippen LogP contribution in [0.1, 0.15) is 106 Å². The molecular weight excluding hydrogens is 893 g/mol. The smallest absolute Gasteiger partial charge is 0.245 e. The number of aliphatic hydroxyl groups excluding tert-OH is 1. The molecular formula is C42H74N14O12. The van der Waals surface area contributed by atoms with Crippen LogP contribution in [0, 0.1) is 11.8 Å². The van der Waals surface area contributed by atoms with Gasteiger partial charge in [-0.15, -0.1) is 0 Å². The summed E-state index contributed by atoms with van der Waals surface area (Å²) in [6, 6.07) is -9.34. The molecule has 9 atom stereocenters. The first-order chi connectivity index (χ1) is 32.0. The summed E-state index contributed by atoms with van der Waals surface area (Å²) < 4.78 is 0. The first kappa shape index (κ1) is 59.4. The van der Waals surface area contributed by atoms with Gasteiger partial charge in [0.15, 0.2) is 5.96 Å². The lowest BCUT2D eigenvalue weighted by atomic mass is 9.96. The van der Waals surface area contributed by atoms with E-state index in [1.54, 1.807) is 34.6 Å². The number of nitrogens with zero attached hydrogens (tertiary/aromatic N) is 2. The van der Waals surface area contributed by atoms with E-state index in [1.165, 1.54) is 11.8 Å². The van der Waals surface area contributed by atoms with Crippen LogP contribution in [0.4, 0.5) is 0 Å². The van der Waals surface area contributed by atoms with E-state index in [4.69, 9.17) is 22.9 Å². The van der Waals surface area contributed by atoms with Gasteiger partial charge in [0.1, 0.15) is 42.3 Å². The van der Waals surface area contributed by atoms with E-state index in [2.05, 4.69) is 47.5 Å². The fourth-order valence-electron chi connectivity index (χ4n) is 7.02. The largest absolute Gasteiger partial charge is 0.394 e. The molecule has 26 nitrogen and oxygen atoms in total. The molecule has 1 heterocycles. The molecule has 0 aliphatic carbocycles. The van der Waals surface area contributed by atoms with E-state index in [-0.39, 0.29) is 57.1 Å².